The van der Waals surface area contributed by atoms with E-state index in [9.17, 15) is 4.79 Å². The summed E-state index contributed by atoms with van der Waals surface area (Å²) in [5, 5.41) is 1.92. The highest BCUT2D eigenvalue weighted by Gasteiger charge is 2.10. The minimum Gasteiger partial charge on any atom is -0.308 e. The van der Waals surface area contributed by atoms with Crippen molar-refractivity contribution in [3.8, 4) is 0 Å². The molecule has 20 heavy (non-hydrogen) atoms. The maximum Gasteiger partial charge on any atom is 0.197 e. The Hall–Kier alpha value is -2.28. The molecule has 0 spiro atoms. The molecule has 0 atom stereocenters. The molecule has 0 saturated carbocycles. The Morgan fingerprint density at radius 2 is 1.95 bits per heavy atom. The molecule has 1 aromatic heterocycles. The Morgan fingerprint density at radius 1 is 1.15 bits per heavy atom. The Morgan fingerprint density at radius 3 is 2.70 bits per heavy atom. The molecule has 0 aliphatic carbocycles. The topological polar surface area (TPSA) is 22.0 Å². The Kier molecular flexibility index (Phi) is 2.98. The van der Waals surface area contributed by atoms with Gasteiger partial charge in [0.15, 0.2) is 5.43 Å². The Bertz CT molecular complexity index is 947. The van der Waals surface area contributed by atoms with E-state index in [0.717, 1.165) is 16.6 Å². The van der Waals surface area contributed by atoms with E-state index in [4.69, 9.17) is 11.6 Å². The van der Waals surface area contributed by atoms with E-state index in [1.54, 1.807) is 24.4 Å². The summed E-state index contributed by atoms with van der Waals surface area (Å²) in [6.07, 6.45) is 1.72. The van der Waals surface area contributed by atoms with Crippen LogP contribution in [0.2, 0.25) is 5.02 Å². The molecular weight excluding hydrogens is 270 g/mol. The minimum atomic E-state index is 0.0177. The van der Waals surface area contributed by atoms with Crippen LogP contribution in [0.4, 0.5) is 0 Å². The zero-order chi connectivity index (χ0) is 14.3. The van der Waals surface area contributed by atoms with E-state index < -0.39 is 0 Å². The summed E-state index contributed by atoms with van der Waals surface area (Å²) in [6, 6.07) is 11.1. The van der Waals surface area contributed by atoms with Crippen molar-refractivity contribution < 1.29 is 0 Å². The molecule has 0 unspecified atom stereocenters. The van der Waals surface area contributed by atoms with Crippen LogP contribution >= 0.6 is 11.6 Å². The van der Waals surface area contributed by atoms with Gasteiger partial charge in [-0.3, -0.25) is 4.79 Å². The van der Waals surface area contributed by atoms with E-state index in [0.29, 0.717) is 15.8 Å². The predicted molar refractivity (Wildman–Crippen MR) is 85.4 cm³/mol. The van der Waals surface area contributed by atoms with Crippen LogP contribution in [0.15, 0.2) is 53.5 Å². The van der Waals surface area contributed by atoms with Crippen LogP contribution in [0.1, 0.15) is 5.56 Å². The summed E-state index contributed by atoms with van der Waals surface area (Å²) < 4.78 is 1.89. The highest BCUT2D eigenvalue weighted by molar-refractivity contribution is 6.31. The second-order valence-corrected chi connectivity index (χ2v) is 5.15. The molecule has 98 valence electrons. The van der Waals surface area contributed by atoms with Crippen LogP contribution in [0, 0.1) is 6.92 Å². The standard InChI is InChI=1S/C17H12ClNO/c1-3-8-19-15-7-4-11(2)9-14(15)17(20)13-6-5-12(18)10-16(13)19/h4-10H,1H2,2H3. The lowest BCUT2D eigenvalue weighted by Gasteiger charge is -2.11. The number of hydrogen-bond donors (Lipinski definition) is 0. The summed E-state index contributed by atoms with van der Waals surface area (Å²) in [5.74, 6) is 0. The van der Waals surface area contributed by atoms with Gasteiger partial charge in [-0.15, -0.1) is 5.73 Å². The molecule has 0 aliphatic rings. The average molecular weight is 282 g/mol. The van der Waals surface area contributed by atoms with Gasteiger partial charge in [-0.25, -0.2) is 0 Å². The van der Waals surface area contributed by atoms with Gasteiger partial charge in [0.2, 0.25) is 0 Å². The molecule has 2 nitrogen and oxygen atoms in total. The van der Waals surface area contributed by atoms with E-state index in [2.05, 4.69) is 12.3 Å². The Labute approximate surface area is 121 Å². The normalized spacial score (nSPS) is 10.7. The highest BCUT2D eigenvalue weighted by atomic mass is 35.5. The number of rotatable bonds is 1. The zero-order valence-electron chi connectivity index (χ0n) is 11.0. The van der Waals surface area contributed by atoms with Gasteiger partial charge in [0.05, 0.1) is 17.2 Å². The number of nitrogens with zero attached hydrogens (tertiary/aromatic N) is 1. The van der Waals surface area contributed by atoms with Gasteiger partial charge in [0, 0.05) is 15.8 Å². The second kappa shape index (κ2) is 4.68. The van der Waals surface area contributed by atoms with Crippen LogP contribution in [0.3, 0.4) is 0 Å². The van der Waals surface area contributed by atoms with Crippen molar-refractivity contribution in [2.45, 2.75) is 6.92 Å². The third kappa shape index (κ3) is 1.87. The highest BCUT2D eigenvalue weighted by Crippen LogP contribution is 2.23. The molecule has 0 amide bonds. The van der Waals surface area contributed by atoms with Crippen molar-refractivity contribution in [1.82, 2.24) is 4.57 Å². The molecule has 0 bridgehead atoms. The first-order valence-electron chi connectivity index (χ1n) is 6.22. The van der Waals surface area contributed by atoms with Gasteiger partial charge in [-0.2, -0.15) is 0 Å². The zero-order valence-corrected chi connectivity index (χ0v) is 11.7. The number of fused-ring (bicyclic) bond motifs is 2. The number of benzene rings is 2. The van der Waals surface area contributed by atoms with E-state index in [-0.39, 0.29) is 5.43 Å². The average Bonchev–Trinajstić information content (AvgIpc) is 2.43. The lowest BCUT2D eigenvalue weighted by molar-refractivity contribution is 1.26. The predicted octanol–water partition coefficient (Wildman–Crippen LogP) is 4.37. The van der Waals surface area contributed by atoms with Gasteiger partial charge in [-0.1, -0.05) is 29.8 Å². The molecule has 0 aliphatic heterocycles. The van der Waals surface area contributed by atoms with Gasteiger partial charge < -0.3 is 4.57 Å². The molecule has 0 N–H and O–H groups in total. The van der Waals surface area contributed by atoms with Gasteiger partial charge in [0.1, 0.15) is 0 Å². The smallest absolute Gasteiger partial charge is 0.197 e. The van der Waals surface area contributed by atoms with E-state index >= 15 is 0 Å². The summed E-state index contributed by atoms with van der Waals surface area (Å²) in [5.41, 5.74) is 5.42. The summed E-state index contributed by atoms with van der Waals surface area (Å²) in [6.45, 7) is 5.59. The number of aromatic nitrogens is 1. The summed E-state index contributed by atoms with van der Waals surface area (Å²) >= 11 is 6.05. The number of pyridine rings is 1. The van der Waals surface area contributed by atoms with Crippen LogP contribution in [-0.4, -0.2) is 4.57 Å². The largest absolute Gasteiger partial charge is 0.308 e. The molecule has 0 fully saturated rings. The van der Waals surface area contributed by atoms with Gasteiger partial charge in [-0.05, 0) is 37.3 Å². The number of halogens is 1. The van der Waals surface area contributed by atoms with E-state index in [1.165, 1.54) is 0 Å². The first-order chi connectivity index (χ1) is 9.61. The van der Waals surface area contributed by atoms with Crippen molar-refractivity contribution in [1.29, 1.82) is 0 Å². The fraction of sp³-hybridized carbons (Fsp3) is 0.0588. The maximum absolute atomic E-state index is 12.6. The molecule has 0 saturated heterocycles. The molecular formula is C17H12ClNO. The fourth-order valence-corrected chi connectivity index (χ4v) is 2.61. The SMILES string of the molecule is C=C=Cn1c2ccc(C)cc2c(=O)c2ccc(Cl)cc21. The molecule has 1 heterocycles. The number of hydrogen-bond acceptors (Lipinski definition) is 1. The van der Waals surface area contributed by atoms with Crippen LogP contribution in [0.5, 0.6) is 0 Å². The quantitative estimate of drug-likeness (QED) is 0.479. The van der Waals surface area contributed by atoms with Crippen molar-refractivity contribution in [3.05, 3.63) is 69.5 Å². The Balaban J connectivity index is 2.68. The molecule has 3 heteroatoms. The fourth-order valence-electron chi connectivity index (χ4n) is 2.44. The molecule has 2 aromatic carbocycles. The monoisotopic (exact) mass is 281 g/mol. The third-order valence-electron chi connectivity index (χ3n) is 3.34. The summed E-state index contributed by atoms with van der Waals surface area (Å²) in [4.78, 5) is 12.6. The van der Waals surface area contributed by atoms with Crippen molar-refractivity contribution in [2.24, 2.45) is 0 Å². The third-order valence-corrected chi connectivity index (χ3v) is 3.58. The second-order valence-electron chi connectivity index (χ2n) is 4.71. The van der Waals surface area contributed by atoms with Gasteiger partial charge in [0.25, 0.3) is 0 Å². The lowest BCUT2D eigenvalue weighted by Crippen LogP contribution is -2.08. The van der Waals surface area contributed by atoms with Crippen molar-refractivity contribution in [2.75, 3.05) is 0 Å². The van der Waals surface area contributed by atoms with Crippen molar-refractivity contribution >= 4 is 39.6 Å². The first-order valence-corrected chi connectivity index (χ1v) is 6.59. The summed E-state index contributed by atoms with van der Waals surface area (Å²) in [7, 11) is 0. The molecule has 3 rings (SSSR count). The molecule has 3 aromatic rings. The van der Waals surface area contributed by atoms with Crippen molar-refractivity contribution in [3.63, 3.8) is 0 Å². The van der Waals surface area contributed by atoms with Crippen LogP contribution < -0.4 is 5.43 Å². The number of aryl methyl sites for hydroxylation is 1. The first kappa shape index (κ1) is 12.7. The lowest BCUT2D eigenvalue weighted by atomic mass is 10.1. The van der Waals surface area contributed by atoms with E-state index in [1.807, 2.05) is 29.7 Å². The minimum absolute atomic E-state index is 0.0177. The van der Waals surface area contributed by atoms with Crippen LogP contribution in [-0.2, 0) is 0 Å². The van der Waals surface area contributed by atoms with Crippen LogP contribution in [0.25, 0.3) is 28.0 Å². The maximum atomic E-state index is 12.6. The van der Waals surface area contributed by atoms with Gasteiger partial charge >= 0.3 is 0 Å². The molecule has 0 radical (unpaired) electrons.